The minimum Gasteiger partial charge on any atom is -0.382 e. The molecule has 3 heteroatoms. The van der Waals surface area contributed by atoms with E-state index >= 15 is 0 Å². The first-order valence-corrected chi connectivity index (χ1v) is 1.83. The summed E-state index contributed by atoms with van der Waals surface area (Å²) in [5, 5.41) is 0. The Morgan fingerprint density at radius 2 is 2.57 bits per heavy atom. The fourth-order valence-electron chi connectivity index (χ4n) is 0.273. The zero-order valence-electron chi connectivity index (χ0n) is 3.63. The summed E-state index contributed by atoms with van der Waals surface area (Å²) in [6.07, 6.45) is 5.36. The fraction of sp³-hybridized carbons (Fsp3) is 0. The molecule has 0 atom stereocenters. The van der Waals surface area contributed by atoms with Crippen LogP contribution in [0.3, 0.4) is 0 Å². The molecule has 0 aliphatic heterocycles. The lowest BCUT2D eigenvalue weighted by Crippen LogP contribution is -1.87. The molecule has 0 aliphatic rings. The van der Waals surface area contributed by atoms with Crippen LogP contribution >= 0.6 is 0 Å². The lowest BCUT2D eigenvalue weighted by atomic mass is 10.7. The van der Waals surface area contributed by atoms with E-state index in [-0.39, 0.29) is 0 Å². The van der Waals surface area contributed by atoms with Crippen LogP contribution < -0.4 is 5.73 Å². The van der Waals surface area contributed by atoms with Crippen molar-refractivity contribution >= 4 is 5.82 Å². The molecule has 1 radical (unpaired) electrons. The van der Waals surface area contributed by atoms with Crippen LogP contribution in [-0.4, -0.2) is 9.97 Å². The van der Waals surface area contributed by atoms with Crippen LogP contribution in [0.25, 0.3) is 0 Å². The molecule has 0 aliphatic carbocycles. The molecule has 0 saturated heterocycles. The van der Waals surface area contributed by atoms with Gasteiger partial charge < -0.3 is 5.73 Å². The predicted molar refractivity (Wildman–Crippen MR) is 25.3 cm³/mol. The summed E-state index contributed by atoms with van der Waals surface area (Å²) >= 11 is 0. The summed E-state index contributed by atoms with van der Waals surface area (Å²) in [4.78, 5) is 7.21. The van der Waals surface area contributed by atoms with Crippen molar-refractivity contribution in [1.82, 2.24) is 9.97 Å². The first-order chi connectivity index (χ1) is 3.39. The maximum atomic E-state index is 5.16. The van der Waals surface area contributed by atoms with Crippen LogP contribution in [0.5, 0.6) is 0 Å². The fourth-order valence-corrected chi connectivity index (χ4v) is 0.273. The van der Waals surface area contributed by atoms with E-state index in [0.29, 0.717) is 5.82 Å². The van der Waals surface area contributed by atoms with Crippen molar-refractivity contribution in [3.8, 4) is 0 Å². The number of nitrogens with two attached hydrogens (primary N) is 1. The molecule has 0 aromatic carbocycles. The molecule has 2 N–H and O–H groups in total. The second-order valence-electron chi connectivity index (χ2n) is 1.07. The molecule has 0 spiro atoms. The summed E-state index contributed by atoms with van der Waals surface area (Å²) in [6.45, 7) is 0. The summed E-state index contributed by atoms with van der Waals surface area (Å²) in [5.74, 6) is 0.429. The molecule has 0 fully saturated rings. The summed E-state index contributed by atoms with van der Waals surface area (Å²) < 4.78 is 0. The van der Waals surface area contributed by atoms with E-state index in [4.69, 9.17) is 5.73 Å². The van der Waals surface area contributed by atoms with Gasteiger partial charge >= 0.3 is 0 Å². The van der Waals surface area contributed by atoms with E-state index in [9.17, 15) is 0 Å². The van der Waals surface area contributed by atoms with Gasteiger partial charge in [0.2, 0.25) is 0 Å². The zero-order chi connectivity index (χ0) is 5.11. The highest BCUT2D eigenvalue weighted by atomic mass is 14.9. The molecular formula is C4H4N3. The maximum absolute atomic E-state index is 5.16. The molecule has 1 aromatic rings. The number of hydrogen-bond acceptors (Lipinski definition) is 3. The van der Waals surface area contributed by atoms with E-state index in [1.165, 1.54) is 12.4 Å². The Balaban J connectivity index is 3.02. The molecule has 7 heavy (non-hydrogen) atoms. The topological polar surface area (TPSA) is 51.8 Å². The maximum Gasteiger partial charge on any atom is 0.141 e. The second-order valence-corrected chi connectivity index (χ2v) is 1.07. The average molecular weight is 94.1 g/mol. The van der Waals surface area contributed by atoms with Crippen molar-refractivity contribution in [1.29, 1.82) is 0 Å². The van der Waals surface area contributed by atoms with Crippen molar-refractivity contribution in [3.63, 3.8) is 0 Å². The highest BCUT2D eigenvalue weighted by Crippen LogP contribution is 1.84. The van der Waals surface area contributed by atoms with Crippen molar-refractivity contribution in [2.45, 2.75) is 0 Å². The smallest absolute Gasteiger partial charge is 0.141 e. The van der Waals surface area contributed by atoms with Crippen LogP contribution in [0.1, 0.15) is 0 Å². The van der Waals surface area contributed by atoms with Gasteiger partial charge in [0.05, 0.1) is 12.4 Å². The molecule has 35 valence electrons. The van der Waals surface area contributed by atoms with Crippen molar-refractivity contribution in [2.75, 3.05) is 5.73 Å². The minimum absolute atomic E-state index is 0.429. The Kier molecular flexibility index (Phi) is 0.898. The molecule has 0 amide bonds. The van der Waals surface area contributed by atoms with Crippen molar-refractivity contribution in [2.24, 2.45) is 0 Å². The van der Waals surface area contributed by atoms with E-state index in [0.717, 1.165) is 0 Å². The van der Waals surface area contributed by atoms with Gasteiger partial charge in [0.15, 0.2) is 0 Å². The third-order valence-electron chi connectivity index (χ3n) is 0.543. The molecule has 3 nitrogen and oxygen atoms in total. The molecule has 0 bridgehead atoms. The number of rotatable bonds is 0. The van der Waals surface area contributed by atoms with Crippen LogP contribution in [-0.2, 0) is 0 Å². The quantitative estimate of drug-likeness (QED) is 0.486. The Labute approximate surface area is 41.2 Å². The Morgan fingerprint density at radius 3 is 2.86 bits per heavy atom. The van der Waals surface area contributed by atoms with E-state index in [1.807, 2.05) is 0 Å². The third-order valence-corrected chi connectivity index (χ3v) is 0.543. The Hall–Kier alpha value is -1.12. The van der Waals surface area contributed by atoms with Gasteiger partial charge in [0.1, 0.15) is 12.0 Å². The predicted octanol–water partition coefficient (Wildman–Crippen LogP) is -0.141. The monoisotopic (exact) mass is 94.0 g/mol. The van der Waals surface area contributed by atoms with Gasteiger partial charge in [-0.3, -0.25) is 0 Å². The first kappa shape index (κ1) is 4.05. The number of hydrogen-bond donors (Lipinski definition) is 1. The van der Waals surface area contributed by atoms with Crippen LogP contribution in [0.4, 0.5) is 5.82 Å². The molecule has 1 rings (SSSR count). The summed E-state index contributed by atoms with van der Waals surface area (Å²) in [5.41, 5.74) is 5.16. The summed E-state index contributed by atoms with van der Waals surface area (Å²) in [7, 11) is 0. The summed E-state index contributed by atoms with van der Waals surface area (Å²) in [6, 6.07) is 0. The SMILES string of the molecule is Nc1cn[c]cn1. The van der Waals surface area contributed by atoms with E-state index in [2.05, 4.69) is 16.2 Å². The van der Waals surface area contributed by atoms with E-state index in [1.54, 1.807) is 0 Å². The molecule has 1 heterocycles. The lowest BCUT2D eigenvalue weighted by molar-refractivity contribution is 1.20. The first-order valence-electron chi connectivity index (χ1n) is 1.83. The number of aromatic nitrogens is 2. The van der Waals surface area contributed by atoms with Gasteiger partial charge in [-0.1, -0.05) is 0 Å². The largest absolute Gasteiger partial charge is 0.382 e. The van der Waals surface area contributed by atoms with Crippen molar-refractivity contribution < 1.29 is 0 Å². The standard InChI is InChI=1S/C4H4N3/c5-4-3-6-1-2-7-4/h2-3H,(H2,5,7). The zero-order valence-corrected chi connectivity index (χ0v) is 3.63. The van der Waals surface area contributed by atoms with Gasteiger partial charge in [-0.15, -0.1) is 0 Å². The molecular weight excluding hydrogens is 90.1 g/mol. The number of anilines is 1. The van der Waals surface area contributed by atoms with Crippen molar-refractivity contribution in [3.05, 3.63) is 18.6 Å². The Morgan fingerprint density at radius 1 is 1.71 bits per heavy atom. The molecule has 0 saturated carbocycles. The third kappa shape index (κ3) is 0.855. The van der Waals surface area contributed by atoms with Crippen LogP contribution in [0.2, 0.25) is 0 Å². The lowest BCUT2D eigenvalue weighted by Gasteiger charge is -1.81. The van der Waals surface area contributed by atoms with Crippen LogP contribution in [0.15, 0.2) is 12.4 Å². The van der Waals surface area contributed by atoms with Gasteiger partial charge in [-0.05, 0) is 0 Å². The van der Waals surface area contributed by atoms with Gasteiger partial charge in [-0.2, -0.15) is 0 Å². The number of nitrogens with zero attached hydrogens (tertiary/aromatic N) is 2. The molecule has 1 aromatic heterocycles. The van der Waals surface area contributed by atoms with Gasteiger partial charge in [-0.25, -0.2) is 9.97 Å². The van der Waals surface area contributed by atoms with Gasteiger partial charge in [0.25, 0.3) is 0 Å². The molecule has 0 unspecified atom stereocenters. The number of nitrogen functional groups attached to an aromatic ring is 1. The highest BCUT2D eigenvalue weighted by molar-refractivity contribution is 5.20. The highest BCUT2D eigenvalue weighted by Gasteiger charge is 1.75. The Bertz CT molecular complexity index is 137. The normalized spacial score (nSPS) is 8.57. The van der Waals surface area contributed by atoms with Crippen LogP contribution in [0, 0.1) is 6.20 Å². The second kappa shape index (κ2) is 1.55. The minimum atomic E-state index is 0.429. The van der Waals surface area contributed by atoms with E-state index < -0.39 is 0 Å². The average Bonchev–Trinajstić information content (AvgIpc) is 1.69. The van der Waals surface area contributed by atoms with Gasteiger partial charge in [0, 0.05) is 0 Å².